The van der Waals surface area contributed by atoms with Crippen molar-refractivity contribution in [2.45, 2.75) is 60.9 Å². The molecule has 7 nitrogen and oxygen atoms in total. The lowest BCUT2D eigenvalue weighted by Crippen LogP contribution is -2.53. The highest BCUT2D eigenvalue weighted by molar-refractivity contribution is 7.90. The monoisotopic (exact) mass is 586 g/mol. The lowest BCUT2D eigenvalue weighted by Gasteiger charge is -2.32. The summed E-state index contributed by atoms with van der Waals surface area (Å²) < 4.78 is 71.8. The molecule has 0 bridgehead atoms. The summed E-state index contributed by atoms with van der Waals surface area (Å²) in [6.45, 7) is 3.44. The van der Waals surface area contributed by atoms with E-state index in [-0.39, 0.29) is 41.7 Å². The van der Waals surface area contributed by atoms with Gasteiger partial charge in [-0.05, 0) is 41.2 Å². The number of ketones is 1. The van der Waals surface area contributed by atoms with E-state index in [1.165, 1.54) is 41.3 Å². The summed E-state index contributed by atoms with van der Waals surface area (Å²) in [6, 6.07) is 7.49. The van der Waals surface area contributed by atoms with E-state index < -0.39 is 51.5 Å². The normalized spacial score (nSPS) is 23.2. The van der Waals surface area contributed by atoms with Crippen LogP contribution in [0.1, 0.15) is 31.9 Å². The van der Waals surface area contributed by atoms with Crippen LogP contribution in [0.5, 0.6) is 0 Å². The number of alkyl halides is 4. The van der Waals surface area contributed by atoms with Crippen LogP contribution < -0.4 is 5.32 Å². The highest BCUT2D eigenvalue weighted by Crippen LogP contribution is 2.36. The summed E-state index contributed by atoms with van der Waals surface area (Å²) in [7, 11) is -3.38. The third kappa shape index (κ3) is 6.48. The largest absolute Gasteiger partial charge is 0.407 e. The maximum absolute atomic E-state index is 14.3. The third-order valence-electron chi connectivity index (χ3n) is 6.97. The van der Waals surface area contributed by atoms with Gasteiger partial charge in [0.15, 0.2) is 15.6 Å². The van der Waals surface area contributed by atoms with E-state index >= 15 is 0 Å². The second kappa shape index (κ2) is 11.2. The summed E-state index contributed by atoms with van der Waals surface area (Å²) in [6.07, 6.45) is -4.18. The zero-order chi connectivity index (χ0) is 28.7. The van der Waals surface area contributed by atoms with E-state index in [4.69, 9.17) is 16.3 Å². The number of likely N-dealkylation sites (tertiary alicyclic amines) is 1. The number of carbonyl (C=O) groups excluding carboxylic acids is 2. The van der Waals surface area contributed by atoms with E-state index in [1.54, 1.807) is 26.0 Å². The Hall–Kier alpha value is -2.47. The fraction of sp³-hybridized carbons (Fsp3) is 0.481. The minimum Gasteiger partial charge on any atom is -0.366 e. The van der Waals surface area contributed by atoms with Crippen LogP contribution in [0.4, 0.5) is 13.2 Å². The van der Waals surface area contributed by atoms with Crippen molar-refractivity contribution in [1.29, 1.82) is 0 Å². The molecule has 0 spiro atoms. The lowest BCUT2D eigenvalue weighted by molar-refractivity contribution is -0.163. The van der Waals surface area contributed by atoms with Gasteiger partial charge in [-0.25, -0.2) is 8.42 Å². The summed E-state index contributed by atoms with van der Waals surface area (Å²) in [5, 5.41) is 1.91. The molecule has 1 N–H and O–H groups in total. The van der Waals surface area contributed by atoms with Crippen molar-refractivity contribution < 1.29 is 35.9 Å². The standard InChI is InChI=1S/C27H30ClF3N2O5S/c1-15(2)12-21(26(35)33-13-20(28)24-23(33)22(34)14-38-24)32-25(27(29,30)31)18-6-4-16(5-7-18)17-8-10-19(11-9-17)39(3,36)37/h4-11,15,20-21,23-25,32H,12-14H2,1-3H3. The number of carbonyl (C=O) groups is 2. The molecule has 2 aromatic rings. The molecule has 12 heteroatoms. The van der Waals surface area contributed by atoms with E-state index in [9.17, 15) is 31.2 Å². The van der Waals surface area contributed by atoms with E-state index in [0.717, 1.165) is 6.26 Å². The lowest BCUT2D eigenvalue weighted by atomic mass is 9.97. The number of sulfone groups is 1. The van der Waals surface area contributed by atoms with Gasteiger partial charge in [-0.3, -0.25) is 14.9 Å². The van der Waals surface area contributed by atoms with Crippen LogP contribution in [0, 0.1) is 5.92 Å². The van der Waals surface area contributed by atoms with Crippen molar-refractivity contribution in [3.05, 3.63) is 54.1 Å². The van der Waals surface area contributed by atoms with Gasteiger partial charge in [0.1, 0.15) is 24.8 Å². The molecule has 212 valence electrons. The Morgan fingerprint density at radius 3 is 2.18 bits per heavy atom. The van der Waals surface area contributed by atoms with Crippen LogP contribution in [-0.4, -0.2) is 74.2 Å². The smallest absolute Gasteiger partial charge is 0.366 e. The zero-order valence-corrected chi connectivity index (χ0v) is 23.2. The van der Waals surface area contributed by atoms with Gasteiger partial charge in [0.2, 0.25) is 5.91 Å². The molecular weight excluding hydrogens is 557 g/mol. The number of benzene rings is 2. The van der Waals surface area contributed by atoms with Crippen molar-refractivity contribution in [3.8, 4) is 11.1 Å². The van der Waals surface area contributed by atoms with Crippen molar-refractivity contribution in [1.82, 2.24) is 10.2 Å². The number of amides is 1. The Bertz CT molecular complexity index is 1320. The Morgan fingerprint density at radius 2 is 1.67 bits per heavy atom. The van der Waals surface area contributed by atoms with Crippen LogP contribution in [0.15, 0.2) is 53.4 Å². The number of fused-ring (bicyclic) bond motifs is 1. The Labute approximate surface area is 230 Å². The highest BCUT2D eigenvalue weighted by Gasteiger charge is 2.53. The van der Waals surface area contributed by atoms with E-state index in [2.05, 4.69) is 5.32 Å². The van der Waals surface area contributed by atoms with E-state index in [1.807, 2.05) is 0 Å². The number of nitrogens with zero attached hydrogens (tertiary/aromatic N) is 1. The first-order valence-electron chi connectivity index (χ1n) is 12.5. The van der Waals surface area contributed by atoms with Crippen LogP contribution in [0.2, 0.25) is 0 Å². The topological polar surface area (TPSA) is 92.8 Å². The molecule has 0 aromatic heterocycles. The minimum atomic E-state index is -4.72. The first-order chi connectivity index (χ1) is 18.2. The van der Waals surface area contributed by atoms with Crippen molar-refractivity contribution in [2.75, 3.05) is 19.4 Å². The molecule has 39 heavy (non-hydrogen) atoms. The highest BCUT2D eigenvalue weighted by atomic mass is 35.5. The first kappa shape index (κ1) is 29.5. The summed E-state index contributed by atoms with van der Waals surface area (Å²) in [5.41, 5.74) is 1.15. The van der Waals surface area contributed by atoms with Gasteiger partial charge < -0.3 is 9.64 Å². The zero-order valence-electron chi connectivity index (χ0n) is 21.6. The van der Waals surface area contributed by atoms with Crippen LogP contribution in [0.3, 0.4) is 0 Å². The molecule has 2 heterocycles. The fourth-order valence-electron chi connectivity index (χ4n) is 5.08. The number of halogens is 4. The number of nitrogens with one attached hydrogen (secondary N) is 1. The SMILES string of the molecule is CC(C)CC(NC(c1ccc(-c2ccc(S(C)(=O)=O)cc2)cc1)C(F)(F)F)C(=O)N1CC(Cl)C2OCC(=O)C21. The molecule has 2 aromatic carbocycles. The van der Waals surface area contributed by atoms with Crippen molar-refractivity contribution in [2.24, 2.45) is 5.92 Å². The Morgan fingerprint density at radius 1 is 1.10 bits per heavy atom. The molecule has 2 aliphatic rings. The molecule has 0 saturated carbocycles. The minimum absolute atomic E-state index is 0.0151. The van der Waals surface area contributed by atoms with Crippen molar-refractivity contribution >= 4 is 33.1 Å². The third-order valence-corrected chi connectivity index (χ3v) is 8.48. The summed E-state index contributed by atoms with van der Waals surface area (Å²) in [5.74, 6) is -1.04. The number of hydrogen-bond donors (Lipinski definition) is 1. The molecule has 2 fully saturated rings. The molecule has 0 aliphatic carbocycles. The second-order valence-corrected chi connectivity index (χ2v) is 13.0. The average molecular weight is 587 g/mol. The number of rotatable bonds is 8. The summed E-state index contributed by atoms with van der Waals surface area (Å²) >= 11 is 6.30. The van der Waals surface area contributed by atoms with Crippen LogP contribution in [-0.2, 0) is 24.2 Å². The van der Waals surface area contributed by atoms with Gasteiger partial charge in [0.25, 0.3) is 0 Å². The Balaban J connectivity index is 1.59. The maximum atomic E-state index is 14.3. The van der Waals surface area contributed by atoms with E-state index in [0.29, 0.717) is 11.1 Å². The van der Waals surface area contributed by atoms with Gasteiger partial charge in [-0.1, -0.05) is 50.2 Å². The molecule has 1 amide bonds. The van der Waals surface area contributed by atoms with Gasteiger partial charge >= 0.3 is 6.18 Å². The van der Waals surface area contributed by atoms with Gasteiger partial charge in [0.05, 0.1) is 16.3 Å². The predicted molar refractivity (Wildman–Crippen MR) is 140 cm³/mol. The van der Waals surface area contributed by atoms with Gasteiger partial charge in [-0.2, -0.15) is 13.2 Å². The van der Waals surface area contributed by atoms with Crippen LogP contribution in [0.25, 0.3) is 11.1 Å². The molecule has 0 radical (unpaired) electrons. The molecule has 5 atom stereocenters. The number of Topliss-reactive ketones (excluding diaryl/α,β-unsaturated/α-hetero) is 1. The predicted octanol–water partition coefficient (Wildman–Crippen LogP) is 4.15. The molecular formula is C27H30ClF3N2O5S. The number of hydrogen-bond acceptors (Lipinski definition) is 6. The quantitative estimate of drug-likeness (QED) is 0.467. The van der Waals surface area contributed by atoms with Gasteiger partial charge in [0, 0.05) is 12.8 Å². The Kier molecular flexibility index (Phi) is 8.47. The molecule has 2 aliphatic heterocycles. The second-order valence-electron chi connectivity index (χ2n) is 10.4. The molecule has 5 unspecified atom stereocenters. The van der Waals surface area contributed by atoms with Crippen molar-refractivity contribution in [3.63, 3.8) is 0 Å². The molecule has 2 saturated heterocycles. The fourth-order valence-corrected chi connectivity index (χ4v) is 6.07. The van der Waals surface area contributed by atoms with Gasteiger partial charge in [-0.15, -0.1) is 11.6 Å². The first-order valence-corrected chi connectivity index (χ1v) is 14.8. The maximum Gasteiger partial charge on any atom is 0.407 e. The average Bonchev–Trinajstić information content (AvgIpc) is 3.40. The summed E-state index contributed by atoms with van der Waals surface area (Å²) in [4.78, 5) is 27.3. The van der Waals surface area contributed by atoms with Crippen LogP contribution >= 0.6 is 11.6 Å². The molecule has 4 rings (SSSR count). The number of ether oxygens (including phenoxy) is 1.